The normalized spacial score (nSPS) is 14.2. The quantitative estimate of drug-likeness (QED) is 0.889. The Bertz CT molecular complexity index is 519. The fourth-order valence-corrected chi connectivity index (χ4v) is 2.03. The number of rotatable bonds is 4. The van der Waals surface area contributed by atoms with Crippen LogP contribution in [0.25, 0.3) is 11.5 Å². The summed E-state index contributed by atoms with van der Waals surface area (Å²) in [5.74, 6) is 0.318. The maximum absolute atomic E-state index is 11.8. The zero-order chi connectivity index (χ0) is 13.1. The average Bonchev–Trinajstić information content (AvgIpc) is 2.96. The third-order valence-electron chi connectivity index (χ3n) is 2.71. The zero-order valence-electron chi connectivity index (χ0n) is 10.2. The highest BCUT2D eigenvalue weighted by atomic mass is 32.1. The Hall–Kier alpha value is -1.66. The largest absolute Gasteiger partial charge is 0.463 e. The lowest BCUT2D eigenvalue weighted by Crippen LogP contribution is -2.34. The van der Waals surface area contributed by atoms with Crippen molar-refractivity contribution in [2.24, 2.45) is 11.7 Å². The molecule has 2 aromatic heterocycles. The van der Waals surface area contributed by atoms with Gasteiger partial charge in [-0.05, 0) is 19.1 Å². The number of hydrogen-bond donors (Lipinski definition) is 2. The van der Waals surface area contributed by atoms with Gasteiger partial charge in [-0.15, -0.1) is 11.3 Å². The second kappa shape index (κ2) is 5.32. The van der Waals surface area contributed by atoms with Gasteiger partial charge in [-0.25, -0.2) is 4.98 Å². The Labute approximate surface area is 109 Å². The molecule has 0 spiro atoms. The van der Waals surface area contributed by atoms with Crippen LogP contribution in [0.1, 0.15) is 13.8 Å². The topological polar surface area (TPSA) is 81.2 Å². The maximum Gasteiger partial charge on any atom is 0.230 e. The van der Waals surface area contributed by atoms with Crippen LogP contribution in [-0.4, -0.2) is 16.9 Å². The number of aromatic nitrogens is 1. The molecular formula is C12H15N3O2S. The summed E-state index contributed by atoms with van der Waals surface area (Å²) in [5, 5.41) is 5.14. The number of hydrogen-bond acceptors (Lipinski definition) is 5. The summed E-state index contributed by atoms with van der Waals surface area (Å²) in [7, 11) is 0. The fourth-order valence-electron chi connectivity index (χ4n) is 1.33. The zero-order valence-corrected chi connectivity index (χ0v) is 11.0. The molecule has 96 valence electrons. The van der Waals surface area contributed by atoms with Crippen LogP contribution in [0.15, 0.2) is 28.2 Å². The number of carbonyl (C=O) groups is 1. The number of anilines is 1. The van der Waals surface area contributed by atoms with Gasteiger partial charge in [0, 0.05) is 11.4 Å². The number of amides is 1. The molecular weight excluding hydrogens is 250 g/mol. The molecule has 2 aromatic rings. The predicted octanol–water partition coefficient (Wildman–Crippen LogP) is 2.32. The second-order valence-electron chi connectivity index (χ2n) is 4.15. The molecule has 0 saturated carbocycles. The molecule has 2 unspecified atom stereocenters. The predicted molar refractivity (Wildman–Crippen MR) is 71.3 cm³/mol. The van der Waals surface area contributed by atoms with E-state index in [1.165, 1.54) is 11.3 Å². The highest BCUT2D eigenvalue weighted by molar-refractivity contribution is 7.14. The van der Waals surface area contributed by atoms with Gasteiger partial charge in [-0.2, -0.15) is 0 Å². The summed E-state index contributed by atoms with van der Waals surface area (Å²) in [5.41, 5.74) is 6.40. The van der Waals surface area contributed by atoms with Gasteiger partial charge < -0.3 is 15.5 Å². The van der Waals surface area contributed by atoms with Crippen molar-refractivity contribution >= 4 is 22.4 Å². The summed E-state index contributed by atoms with van der Waals surface area (Å²) < 4.78 is 5.23. The highest BCUT2D eigenvalue weighted by Gasteiger charge is 2.18. The minimum atomic E-state index is -0.249. The van der Waals surface area contributed by atoms with E-state index < -0.39 is 0 Å². The van der Waals surface area contributed by atoms with Gasteiger partial charge in [0.2, 0.25) is 5.91 Å². The van der Waals surface area contributed by atoms with E-state index in [0.717, 1.165) is 0 Å². The number of thiazole rings is 1. The smallest absolute Gasteiger partial charge is 0.230 e. The number of nitrogens with two attached hydrogens (primary N) is 1. The number of nitrogens with zero attached hydrogens (tertiary/aromatic N) is 1. The van der Waals surface area contributed by atoms with E-state index in [4.69, 9.17) is 10.2 Å². The lowest BCUT2D eigenvalue weighted by Gasteiger charge is -2.13. The molecule has 0 bridgehead atoms. The van der Waals surface area contributed by atoms with Crippen molar-refractivity contribution in [2.45, 2.75) is 19.9 Å². The molecule has 2 atom stereocenters. The van der Waals surface area contributed by atoms with Gasteiger partial charge in [-0.3, -0.25) is 4.79 Å². The summed E-state index contributed by atoms with van der Waals surface area (Å²) in [4.78, 5) is 16.1. The van der Waals surface area contributed by atoms with Crippen LogP contribution in [0.3, 0.4) is 0 Å². The van der Waals surface area contributed by atoms with Gasteiger partial charge in [0.25, 0.3) is 0 Å². The molecule has 0 aliphatic rings. The van der Waals surface area contributed by atoms with E-state index in [1.54, 1.807) is 26.2 Å². The standard InChI is InChI=1S/C12H15N3O2S/c1-7(8(2)13)11(16)15-12-14-9(6-18-12)10-4-3-5-17-10/h3-8H,13H2,1-2H3,(H,14,15,16). The monoisotopic (exact) mass is 265 g/mol. The van der Waals surface area contributed by atoms with Crippen LogP contribution in [0, 0.1) is 5.92 Å². The molecule has 18 heavy (non-hydrogen) atoms. The molecule has 0 aliphatic carbocycles. The molecule has 2 heterocycles. The molecule has 5 nitrogen and oxygen atoms in total. The Morgan fingerprint density at radius 2 is 2.33 bits per heavy atom. The molecule has 3 N–H and O–H groups in total. The highest BCUT2D eigenvalue weighted by Crippen LogP contribution is 2.25. The first-order valence-electron chi connectivity index (χ1n) is 5.64. The van der Waals surface area contributed by atoms with Crippen LogP contribution >= 0.6 is 11.3 Å². The second-order valence-corrected chi connectivity index (χ2v) is 5.01. The number of nitrogens with one attached hydrogen (secondary N) is 1. The van der Waals surface area contributed by atoms with E-state index >= 15 is 0 Å². The SMILES string of the molecule is CC(N)C(C)C(=O)Nc1nc(-c2ccco2)cs1. The van der Waals surface area contributed by atoms with E-state index in [-0.39, 0.29) is 17.9 Å². The molecule has 6 heteroatoms. The minimum Gasteiger partial charge on any atom is -0.463 e. The third kappa shape index (κ3) is 2.77. The molecule has 2 rings (SSSR count). The first kappa shape index (κ1) is 12.8. The summed E-state index contributed by atoms with van der Waals surface area (Å²) in [6.45, 7) is 3.60. The molecule has 0 saturated heterocycles. The fraction of sp³-hybridized carbons (Fsp3) is 0.333. The van der Waals surface area contributed by atoms with Gasteiger partial charge in [-0.1, -0.05) is 6.92 Å². The van der Waals surface area contributed by atoms with Crippen LogP contribution in [-0.2, 0) is 4.79 Å². The number of furan rings is 1. The third-order valence-corrected chi connectivity index (χ3v) is 3.47. The Morgan fingerprint density at radius 3 is 2.94 bits per heavy atom. The molecule has 1 amide bonds. The molecule has 0 aliphatic heterocycles. The Kier molecular flexibility index (Phi) is 3.78. The van der Waals surface area contributed by atoms with Crippen LogP contribution in [0.5, 0.6) is 0 Å². The average molecular weight is 265 g/mol. The summed E-state index contributed by atoms with van der Waals surface area (Å²) >= 11 is 1.36. The first-order valence-corrected chi connectivity index (χ1v) is 6.51. The molecule has 0 aromatic carbocycles. The van der Waals surface area contributed by atoms with Crippen molar-refractivity contribution < 1.29 is 9.21 Å². The van der Waals surface area contributed by atoms with E-state index in [2.05, 4.69) is 10.3 Å². The van der Waals surface area contributed by atoms with Gasteiger partial charge >= 0.3 is 0 Å². The molecule has 0 radical (unpaired) electrons. The van der Waals surface area contributed by atoms with E-state index in [1.807, 2.05) is 11.4 Å². The van der Waals surface area contributed by atoms with E-state index in [0.29, 0.717) is 16.6 Å². The summed E-state index contributed by atoms with van der Waals surface area (Å²) in [6.07, 6.45) is 1.59. The van der Waals surface area contributed by atoms with Crippen LogP contribution < -0.4 is 11.1 Å². The van der Waals surface area contributed by atoms with E-state index in [9.17, 15) is 4.79 Å². The van der Waals surface area contributed by atoms with Crippen molar-refractivity contribution in [3.8, 4) is 11.5 Å². The van der Waals surface area contributed by atoms with Crippen molar-refractivity contribution in [3.05, 3.63) is 23.8 Å². The Morgan fingerprint density at radius 1 is 1.56 bits per heavy atom. The Balaban J connectivity index is 2.05. The van der Waals surface area contributed by atoms with Gasteiger partial charge in [0.15, 0.2) is 10.9 Å². The lowest BCUT2D eigenvalue weighted by atomic mass is 10.0. The maximum atomic E-state index is 11.8. The lowest BCUT2D eigenvalue weighted by molar-refractivity contribution is -0.119. The van der Waals surface area contributed by atoms with Crippen molar-refractivity contribution in [3.63, 3.8) is 0 Å². The molecule has 0 fully saturated rings. The van der Waals surface area contributed by atoms with Gasteiger partial charge in [0.1, 0.15) is 5.69 Å². The minimum absolute atomic E-state index is 0.120. The van der Waals surface area contributed by atoms with Gasteiger partial charge in [0.05, 0.1) is 12.2 Å². The van der Waals surface area contributed by atoms with Crippen LogP contribution in [0.2, 0.25) is 0 Å². The van der Waals surface area contributed by atoms with Crippen molar-refractivity contribution in [2.75, 3.05) is 5.32 Å². The van der Waals surface area contributed by atoms with Crippen molar-refractivity contribution in [1.82, 2.24) is 4.98 Å². The first-order chi connectivity index (χ1) is 8.58. The van der Waals surface area contributed by atoms with Crippen LogP contribution in [0.4, 0.5) is 5.13 Å². The number of carbonyl (C=O) groups excluding carboxylic acids is 1. The van der Waals surface area contributed by atoms with Crippen molar-refractivity contribution in [1.29, 1.82) is 0 Å². The summed E-state index contributed by atoms with van der Waals surface area (Å²) in [6, 6.07) is 3.44.